The maximum absolute atomic E-state index is 13.6. The summed E-state index contributed by atoms with van der Waals surface area (Å²) in [6.45, 7) is 4.51. The molecule has 0 amide bonds. The van der Waals surface area contributed by atoms with Crippen molar-refractivity contribution in [3.05, 3.63) is 0 Å². The lowest BCUT2D eigenvalue weighted by Crippen LogP contribution is -2.40. The molecule has 0 saturated carbocycles. The lowest BCUT2D eigenvalue weighted by atomic mass is 9.96. The number of hydrogen-bond donors (Lipinski definition) is 0. The number of Topliss-reactive ketones (excluding diaryl/α,β-unsaturated/α-hetero) is 1. The molecule has 0 radical (unpaired) electrons. The van der Waals surface area contributed by atoms with Crippen LogP contribution in [0.4, 0.5) is 8.78 Å². The first-order valence-corrected chi connectivity index (χ1v) is 5.95. The van der Waals surface area contributed by atoms with E-state index in [1.54, 1.807) is 0 Å². The van der Waals surface area contributed by atoms with Gasteiger partial charge in [-0.2, -0.15) is 8.78 Å². The highest BCUT2D eigenvalue weighted by atomic mass is 19.3. The Balaban J connectivity index is 4.42. The monoisotopic (exact) mass is 250 g/mol. The Morgan fingerprint density at radius 2 is 1.82 bits per heavy atom. The largest absolute Gasteiger partial charge is 0.466 e. The van der Waals surface area contributed by atoms with Crippen molar-refractivity contribution < 1.29 is 23.1 Å². The Labute approximate surface area is 101 Å². The molecule has 0 aliphatic carbocycles. The molecule has 0 saturated heterocycles. The fourth-order valence-corrected chi connectivity index (χ4v) is 1.36. The quantitative estimate of drug-likeness (QED) is 0.491. The number of halogens is 2. The summed E-state index contributed by atoms with van der Waals surface area (Å²) < 4.78 is 31.6. The van der Waals surface area contributed by atoms with Gasteiger partial charge in [0.1, 0.15) is 5.92 Å². The molecule has 1 unspecified atom stereocenters. The molecule has 0 N–H and O–H groups in total. The number of alkyl halides is 2. The molecule has 17 heavy (non-hydrogen) atoms. The number of unbranched alkanes of at least 4 members (excludes halogenated alkanes) is 2. The number of carbonyl (C=O) groups excluding carboxylic acids is 2. The first-order chi connectivity index (χ1) is 7.87. The van der Waals surface area contributed by atoms with E-state index in [2.05, 4.69) is 4.74 Å². The van der Waals surface area contributed by atoms with Gasteiger partial charge in [0.15, 0.2) is 0 Å². The summed E-state index contributed by atoms with van der Waals surface area (Å²) in [5, 5.41) is 0. The van der Waals surface area contributed by atoms with E-state index < -0.39 is 23.6 Å². The molecule has 0 fully saturated rings. The lowest BCUT2D eigenvalue weighted by molar-refractivity contribution is -0.170. The van der Waals surface area contributed by atoms with Crippen molar-refractivity contribution in [2.75, 3.05) is 6.61 Å². The molecule has 0 rings (SSSR count). The maximum Gasteiger partial charge on any atom is 0.318 e. The van der Waals surface area contributed by atoms with Crippen molar-refractivity contribution in [2.45, 2.75) is 52.4 Å². The molecule has 0 heterocycles. The highest BCUT2D eigenvalue weighted by Crippen LogP contribution is 2.28. The highest BCUT2D eigenvalue weighted by Gasteiger charge is 2.48. The molecule has 0 aromatic rings. The van der Waals surface area contributed by atoms with Crippen LogP contribution in [0.25, 0.3) is 0 Å². The van der Waals surface area contributed by atoms with Crippen molar-refractivity contribution in [3.63, 3.8) is 0 Å². The number of hydrogen-bond acceptors (Lipinski definition) is 3. The molecule has 0 spiro atoms. The average Bonchev–Trinajstić information content (AvgIpc) is 2.28. The summed E-state index contributed by atoms with van der Waals surface area (Å²) in [5.41, 5.74) is 0. The van der Waals surface area contributed by atoms with Crippen LogP contribution in [0.1, 0.15) is 46.5 Å². The van der Waals surface area contributed by atoms with Crippen LogP contribution in [0.15, 0.2) is 0 Å². The summed E-state index contributed by atoms with van der Waals surface area (Å²) in [4.78, 5) is 22.5. The second-order valence-electron chi connectivity index (χ2n) is 3.98. The SMILES string of the molecule is CCCCCC(=O)C(F)(F)C(C)C(=O)OCC. The van der Waals surface area contributed by atoms with E-state index in [4.69, 9.17) is 0 Å². The molecule has 0 aromatic heterocycles. The Hall–Kier alpha value is -1.00. The summed E-state index contributed by atoms with van der Waals surface area (Å²) in [6, 6.07) is 0. The fraction of sp³-hybridized carbons (Fsp3) is 0.833. The maximum atomic E-state index is 13.6. The molecule has 0 aliphatic heterocycles. The van der Waals surface area contributed by atoms with Gasteiger partial charge in [0.2, 0.25) is 5.78 Å². The van der Waals surface area contributed by atoms with Gasteiger partial charge in [-0.05, 0) is 20.3 Å². The summed E-state index contributed by atoms with van der Waals surface area (Å²) in [6.07, 6.45) is 1.83. The molecule has 5 heteroatoms. The number of carbonyl (C=O) groups is 2. The minimum atomic E-state index is -3.63. The van der Waals surface area contributed by atoms with Crippen LogP contribution >= 0.6 is 0 Å². The van der Waals surface area contributed by atoms with Crippen molar-refractivity contribution in [1.82, 2.24) is 0 Å². The molecule has 0 aromatic carbocycles. The molecular formula is C12H20F2O3. The number of esters is 1. The van der Waals surface area contributed by atoms with Crippen LogP contribution in [-0.2, 0) is 14.3 Å². The smallest absolute Gasteiger partial charge is 0.318 e. The lowest BCUT2D eigenvalue weighted by Gasteiger charge is -2.20. The van der Waals surface area contributed by atoms with Crippen LogP contribution in [0.2, 0.25) is 0 Å². The number of ether oxygens (including phenoxy) is 1. The van der Waals surface area contributed by atoms with Crippen molar-refractivity contribution >= 4 is 11.8 Å². The Bertz CT molecular complexity index is 264. The summed E-state index contributed by atoms with van der Waals surface area (Å²) in [7, 11) is 0. The highest BCUT2D eigenvalue weighted by molar-refractivity contribution is 5.90. The van der Waals surface area contributed by atoms with E-state index in [0.717, 1.165) is 19.8 Å². The Morgan fingerprint density at radius 3 is 2.29 bits per heavy atom. The van der Waals surface area contributed by atoms with Crippen LogP contribution in [0.5, 0.6) is 0 Å². The minimum Gasteiger partial charge on any atom is -0.466 e. The van der Waals surface area contributed by atoms with Gasteiger partial charge in [0.05, 0.1) is 6.61 Å². The van der Waals surface area contributed by atoms with E-state index in [1.165, 1.54) is 6.92 Å². The van der Waals surface area contributed by atoms with Gasteiger partial charge in [-0.3, -0.25) is 9.59 Å². The standard InChI is InChI=1S/C12H20F2O3/c1-4-6-7-8-10(15)12(13,14)9(3)11(16)17-5-2/h9H,4-8H2,1-3H3. The van der Waals surface area contributed by atoms with Crippen LogP contribution in [0, 0.1) is 5.92 Å². The third-order valence-electron chi connectivity index (χ3n) is 2.56. The zero-order valence-corrected chi connectivity index (χ0v) is 10.6. The molecule has 3 nitrogen and oxygen atoms in total. The van der Waals surface area contributed by atoms with Crippen LogP contribution < -0.4 is 0 Å². The number of rotatable bonds is 8. The third-order valence-corrected chi connectivity index (χ3v) is 2.56. The van der Waals surface area contributed by atoms with Crippen molar-refractivity contribution in [1.29, 1.82) is 0 Å². The fourth-order valence-electron chi connectivity index (χ4n) is 1.36. The van der Waals surface area contributed by atoms with Gasteiger partial charge >= 0.3 is 11.9 Å². The van der Waals surface area contributed by atoms with E-state index in [0.29, 0.717) is 6.42 Å². The van der Waals surface area contributed by atoms with Crippen molar-refractivity contribution in [3.8, 4) is 0 Å². The van der Waals surface area contributed by atoms with Gasteiger partial charge in [0, 0.05) is 6.42 Å². The predicted molar refractivity (Wildman–Crippen MR) is 59.9 cm³/mol. The van der Waals surface area contributed by atoms with Crippen LogP contribution in [-0.4, -0.2) is 24.3 Å². The molecule has 100 valence electrons. The zero-order valence-electron chi connectivity index (χ0n) is 10.6. The first kappa shape index (κ1) is 16.0. The second kappa shape index (κ2) is 7.35. The Morgan fingerprint density at radius 1 is 1.24 bits per heavy atom. The molecular weight excluding hydrogens is 230 g/mol. The van der Waals surface area contributed by atoms with Gasteiger partial charge < -0.3 is 4.74 Å². The van der Waals surface area contributed by atoms with E-state index >= 15 is 0 Å². The summed E-state index contributed by atoms with van der Waals surface area (Å²) in [5.74, 6) is -7.54. The third kappa shape index (κ3) is 4.79. The second-order valence-corrected chi connectivity index (χ2v) is 3.98. The van der Waals surface area contributed by atoms with E-state index in [9.17, 15) is 18.4 Å². The molecule has 0 bridgehead atoms. The Kier molecular flexibility index (Phi) is 6.92. The van der Waals surface area contributed by atoms with E-state index in [-0.39, 0.29) is 13.0 Å². The molecule has 0 aliphatic rings. The van der Waals surface area contributed by atoms with Gasteiger partial charge in [-0.25, -0.2) is 0 Å². The minimum absolute atomic E-state index is 0.0310. The number of ketones is 1. The normalized spacial score (nSPS) is 13.2. The van der Waals surface area contributed by atoms with Gasteiger partial charge in [-0.1, -0.05) is 19.8 Å². The van der Waals surface area contributed by atoms with Gasteiger partial charge in [-0.15, -0.1) is 0 Å². The first-order valence-electron chi connectivity index (χ1n) is 5.95. The molecule has 1 atom stereocenters. The van der Waals surface area contributed by atoms with Crippen LogP contribution in [0.3, 0.4) is 0 Å². The van der Waals surface area contributed by atoms with Crippen molar-refractivity contribution in [2.24, 2.45) is 5.92 Å². The predicted octanol–water partition coefficient (Wildman–Crippen LogP) is 2.97. The summed E-state index contributed by atoms with van der Waals surface area (Å²) >= 11 is 0. The van der Waals surface area contributed by atoms with E-state index in [1.807, 2.05) is 6.92 Å². The average molecular weight is 250 g/mol. The zero-order chi connectivity index (χ0) is 13.5. The topological polar surface area (TPSA) is 43.4 Å². The van der Waals surface area contributed by atoms with Gasteiger partial charge in [0.25, 0.3) is 0 Å².